The molecule has 18 heavy (non-hydrogen) atoms. The summed E-state index contributed by atoms with van der Waals surface area (Å²) in [6.07, 6.45) is 2.65. The summed E-state index contributed by atoms with van der Waals surface area (Å²) in [5.41, 5.74) is 0.516. The lowest BCUT2D eigenvalue weighted by Gasteiger charge is -2.23. The Bertz CT molecular complexity index is 525. The van der Waals surface area contributed by atoms with Crippen LogP contribution in [0.3, 0.4) is 0 Å². The molecule has 0 aromatic heterocycles. The number of amides is 1. The number of nitro groups is 1. The Labute approximate surface area is 108 Å². The standard InChI is InChI=1S/C12H10N2O3S/c15-12(10-5-2-1-3-6-10)13-7-4-8-18-11(13)9-14(16)17/h1-6,8-9H,7H2. The summed E-state index contributed by atoms with van der Waals surface area (Å²) in [4.78, 5) is 23.6. The zero-order valence-electron chi connectivity index (χ0n) is 9.35. The fraction of sp³-hybridized carbons (Fsp3) is 0.0833. The summed E-state index contributed by atoms with van der Waals surface area (Å²) < 4.78 is 0. The number of nitrogens with zero attached hydrogens (tertiary/aromatic N) is 2. The molecule has 1 amide bonds. The van der Waals surface area contributed by atoms with Crippen molar-refractivity contribution >= 4 is 17.7 Å². The zero-order valence-corrected chi connectivity index (χ0v) is 10.2. The first-order chi connectivity index (χ1) is 8.68. The number of thioether (sulfide) groups is 1. The van der Waals surface area contributed by atoms with Gasteiger partial charge in [0.2, 0.25) is 0 Å². The molecule has 0 saturated heterocycles. The highest BCUT2D eigenvalue weighted by Crippen LogP contribution is 2.27. The number of benzene rings is 1. The number of rotatable bonds is 2. The van der Waals surface area contributed by atoms with E-state index in [1.54, 1.807) is 35.7 Å². The van der Waals surface area contributed by atoms with Crippen molar-refractivity contribution < 1.29 is 9.72 Å². The van der Waals surface area contributed by atoms with Crippen LogP contribution in [0.2, 0.25) is 0 Å². The predicted molar refractivity (Wildman–Crippen MR) is 69.3 cm³/mol. The van der Waals surface area contributed by atoms with Crippen LogP contribution < -0.4 is 0 Å². The van der Waals surface area contributed by atoms with Crippen molar-refractivity contribution in [3.8, 4) is 0 Å². The Morgan fingerprint density at radius 2 is 2.11 bits per heavy atom. The summed E-state index contributed by atoms with van der Waals surface area (Å²) in [5.74, 6) is -0.236. The molecule has 6 heteroatoms. The molecule has 1 heterocycles. The van der Waals surface area contributed by atoms with E-state index in [9.17, 15) is 14.9 Å². The summed E-state index contributed by atoms with van der Waals surface area (Å²) in [7, 11) is 0. The molecule has 2 rings (SSSR count). The highest BCUT2D eigenvalue weighted by atomic mass is 32.2. The van der Waals surface area contributed by atoms with Gasteiger partial charge in [0, 0.05) is 12.1 Å². The van der Waals surface area contributed by atoms with Crippen molar-refractivity contribution in [2.45, 2.75) is 0 Å². The van der Waals surface area contributed by atoms with Crippen LogP contribution in [-0.4, -0.2) is 22.3 Å². The summed E-state index contributed by atoms with van der Waals surface area (Å²) in [5, 5.41) is 12.6. The van der Waals surface area contributed by atoms with E-state index in [0.717, 1.165) is 6.20 Å². The van der Waals surface area contributed by atoms with Gasteiger partial charge in [-0.25, -0.2) is 0 Å². The normalized spacial score (nSPS) is 16.9. The molecule has 5 nitrogen and oxygen atoms in total. The summed E-state index contributed by atoms with van der Waals surface area (Å²) >= 11 is 1.17. The quantitative estimate of drug-likeness (QED) is 0.606. The molecule has 0 aliphatic carbocycles. The van der Waals surface area contributed by atoms with Gasteiger partial charge < -0.3 is 0 Å². The monoisotopic (exact) mass is 262 g/mol. The maximum Gasteiger partial charge on any atom is 0.264 e. The molecule has 0 saturated carbocycles. The highest BCUT2D eigenvalue weighted by Gasteiger charge is 2.23. The van der Waals surface area contributed by atoms with E-state index in [0.29, 0.717) is 17.1 Å². The lowest BCUT2D eigenvalue weighted by molar-refractivity contribution is -0.403. The number of carbonyl (C=O) groups is 1. The van der Waals surface area contributed by atoms with Gasteiger partial charge in [-0.2, -0.15) is 0 Å². The van der Waals surface area contributed by atoms with Crippen molar-refractivity contribution in [1.29, 1.82) is 0 Å². The van der Waals surface area contributed by atoms with E-state index in [4.69, 9.17) is 0 Å². The minimum Gasteiger partial charge on any atom is -0.293 e. The van der Waals surface area contributed by atoms with Crippen LogP contribution in [0.1, 0.15) is 10.4 Å². The van der Waals surface area contributed by atoms with E-state index >= 15 is 0 Å². The minimum absolute atomic E-state index is 0.236. The molecule has 0 N–H and O–H groups in total. The SMILES string of the molecule is O=C(c1ccccc1)N1CC=CSC1=C[N+](=O)[O-]. The van der Waals surface area contributed by atoms with Gasteiger partial charge in [-0.1, -0.05) is 36.0 Å². The molecule has 0 unspecified atom stereocenters. The smallest absolute Gasteiger partial charge is 0.264 e. The summed E-state index contributed by atoms with van der Waals surface area (Å²) in [6, 6.07) is 8.72. The van der Waals surface area contributed by atoms with Crippen molar-refractivity contribution in [3.05, 3.63) is 68.7 Å². The molecule has 0 radical (unpaired) electrons. The molecule has 0 spiro atoms. The molecule has 0 bridgehead atoms. The van der Waals surface area contributed by atoms with Gasteiger partial charge in [-0.15, -0.1) is 0 Å². The van der Waals surface area contributed by atoms with Crippen LogP contribution in [0.5, 0.6) is 0 Å². The van der Waals surface area contributed by atoms with Crippen LogP contribution in [0.25, 0.3) is 0 Å². The first kappa shape index (κ1) is 12.4. The molecule has 0 fully saturated rings. The molecule has 1 aromatic rings. The third kappa shape index (κ3) is 2.78. The Hall–Kier alpha value is -2.08. The number of hydrogen-bond acceptors (Lipinski definition) is 4. The third-order valence-electron chi connectivity index (χ3n) is 2.32. The van der Waals surface area contributed by atoms with Gasteiger partial charge in [0.25, 0.3) is 12.1 Å². The maximum atomic E-state index is 12.2. The van der Waals surface area contributed by atoms with Crippen molar-refractivity contribution in [2.24, 2.45) is 0 Å². The Morgan fingerprint density at radius 1 is 1.39 bits per heavy atom. The largest absolute Gasteiger partial charge is 0.293 e. The highest BCUT2D eigenvalue weighted by molar-refractivity contribution is 8.05. The van der Waals surface area contributed by atoms with Gasteiger partial charge in [-0.3, -0.25) is 19.8 Å². The van der Waals surface area contributed by atoms with Gasteiger partial charge >= 0.3 is 0 Å². The Kier molecular flexibility index (Phi) is 3.78. The second-order valence-corrected chi connectivity index (χ2v) is 4.45. The van der Waals surface area contributed by atoms with Crippen LogP contribution >= 0.6 is 11.8 Å². The minimum atomic E-state index is -0.549. The second kappa shape index (κ2) is 5.50. The van der Waals surface area contributed by atoms with Crippen LogP contribution in [0, 0.1) is 10.1 Å². The zero-order chi connectivity index (χ0) is 13.0. The van der Waals surface area contributed by atoms with Crippen LogP contribution in [-0.2, 0) is 0 Å². The van der Waals surface area contributed by atoms with E-state index in [-0.39, 0.29) is 5.91 Å². The molecular weight excluding hydrogens is 252 g/mol. The van der Waals surface area contributed by atoms with E-state index in [1.807, 2.05) is 6.07 Å². The average Bonchev–Trinajstić information content (AvgIpc) is 2.39. The van der Waals surface area contributed by atoms with Gasteiger partial charge in [-0.05, 0) is 17.5 Å². The van der Waals surface area contributed by atoms with Gasteiger partial charge in [0.05, 0.1) is 4.92 Å². The number of carbonyl (C=O) groups excluding carboxylic acids is 1. The van der Waals surface area contributed by atoms with Crippen LogP contribution in [0.4, 0.5) is 0 Å². The lowest BCUT2D eigenvalue weighted by atomic mass is 10.2. The molecule has 0 atom stereocenters. The summed E-state index contributed by atoms with van der Waals surface area (Å²) in [6.45, 7) is 0.348. The van der Waals surface area contributed by atoms with E-state index in [1.165, 1.54) is 16.7 Å². The van der Waals surface area contributed by atoms with Crippen molar-refractivity contribution in [3.63, 3.8) is 0 Å². The van der Waals surface area contributed by atoms with Crippen LogP contribution in [0.15, 0.2) is 53.0 Å². The van der Waals surface area contributed by atoms with Crippen molar-refractivity contribution in [1.82, 2.24) is 4.90 Å². The lowest BCUT2D eigenvalue weighted by Crippen LogP contribution is -2.31. The molecular formula is C12H10N2O3S. The first-order valence-electron chi connectivity index (χ1n) is 5.22. The third-order valence-corrected chi connectivity index (χ3v) is 3.22. The Morgan fingerprint density at radius 3 is 2.78 bits per heavy atom. The fourth-order valence-electron chi connectivity index (χ4n) is 1.53. The van der Waals surface area contributed by atoms with Gasteiger partial charge in [0.15, 0.2) is 5.03 Å². The van der Waals surface area contributed by atoms with E-state index in [2.05, 4.69) is 0 Å². The van der Waals surface area contributed by atoms with Gasteiger partial charge in [0.1, 0.15) is 0 Å². The first-order valence-corrected chi connectivity index (χ1v) is 6.10. The second-order valence-electron chi connectivity index (χ2n) is 3.52. The maximum absolute atomic E-state index is 12.2. The topological polar surface area (TPSA) is 63.5 Å². The Balaban J connectivity index is 2.28. The van der Waals surface area contributed by atoms with E-state index < -0.39 is 4.92 Å². The molecule has 1 aromatic carbocycles. The predicted octanol–water partition coefficient (Wildman–Crippen LogP) is 2.46. The molecule has 92 valence electrons. The molecule has 1 aliphatic rings. The number of hydrogen-bond donors (Lipinski definition) is 0. The average molecular weight is 262 g/mol. The van der Waals surface area contributed by atoms with Crippen molar-refractivity contribution in [2.75, 3.05) is 6.54 Å². The molecule has 1 aliphatic heterocycles. The fourth-order valence-corrected chi connectivity index (χ4v) is 2.28.